The first-order valence-electron chi connectivity index (χ1n) is 15.0. The summed E-state index contributed by atoms with van der Waals surface area (Å²) in [5, 5.41) is 2.43. The molecule has 0 saturated carbocycles. The zero-order chi connectivity index (χ0) is 31.8. The molecule has 0 atom stereocenters. The molecule has 0 amide bonds. The lowest BCUT2D eigenvalue weighted by Crippen LogP contribution is -2.41. The summed E-state index contributed by atoms with van der Waals surface area (Å²) in [6.45, 7) is 28.7. The fraction of sp³-hybridized carbons (Fsp3) is 0.559. The molecule has 42 heavy (non-hydrogen) atoms. The Hall–Kier alpha value is -1.98. The van der Waals surface area contributed by atoms with E-state index >= 15 is 0 Å². The number of carbonyl (C=O) groups excluding carboxylic acids is 1. The average Bonchev–Trinajstić information content (AvgIpc) is 3.35. The molecule has 2 aromatic rings. The predicted octanol–water partition coefficient (Wildman–Crippen LogP) is 10.3. The number of benzene rings is 1. The summed E-state index contributed by atoms with van der Waals surface area (Å²) in [5.41, 5.74) is 4.61. The second-order valence-corrected chi connectivity index (χ2v) is 24.4. The molecule has 234 valence electrons. The smallest absolute Gasteiger partial charge is 0.330 e. The minimum atomic E-state index is -1.93. The van der Waals surface area contributed by atoms with Crippen molar-refractivity contribution < 1.29 is 23.1 Å². The van der Waals surface area contributed by atoms with Crippen molar-refractivity contribution in [2.45, 2.75) is 118 Å². The Morgan fingerprint density at radius 3 is 2.00 bits per heavy atom. The summed E-state index contributed by atoms with van der Waals surface area (Å²) >= 11 is 1.68. The van der Waals surface area contributed by atoms with Crippen LogP contribution in [0.25, 0.3) is 5.57 Å². The van der Waals surface area contributed by atoms with E-state index in [1.165, 1.54) is 6.08 Å². The van der Waals surface area contributed by atoms with Crippen LogP contribution in [0.15, 0.2) is 47.9 Å². The van der Waals surface area contributed by atoms with Gasteiger partial charge >= 0.3 is 5.97 Å². The van der Waals surface area contributed by atoms with Gasteiger partial charge in [0.05, 0.1) is 19.8 Å². The number of carbonyl (C=O) groups is 1. The summed E-state index contributed by atoms with van der Waals surface area (Å²) in [6, 6.07) is 8.48. The third kappa shape index (κ3) is 10.6. The van der Waals surface area contributed by atoms with E-state index in [9.17, 15) is 4.79 Å². The van der Waals surface area contributed by atoms with E-state index in [2.05, 4.69) is 98.2 Å². The molecule has 0 aliphatic carbocycles. The number of hydrogen-bond donors (Lipinski definition) is 0. The van der Waals surface area contributed by atoms with Crippen LogP contribution in [0.5, 0.6) is 5.75 Å². The van der Waals surface area contributed by atoms with Crippen LogP contribution >= 0.6 is 11.3 Å². The molecule has 0 fully saturated rings. The standard InChI is InChI=1S/C34H54O5SSi2/c1-13-26(16-15-17-32(35)36-14-2)29-21-31(40-25-29)24-37-30-19-18-27(22-38-41(9,10)33(3,4)5)28(20-30)23-39-42(11,12)34(6,7)8/h15-21,25H,13-14,22-24H2,1-12H3. The van der Waals surface area contributed by atoms with Gasteiger partial charge in [-0.2, -0.15) is 0 Å². The summed E-state index contributed by atoms with van der Waals surface area (Å²) in [4.78, 5) is 12.7. The quantitative estimate of drug-likeness (QED) is 0.0900. The first kappa shape index (κ1) is 36.2. The number of thiophene rings is 1. The Balaban J connectivity index is 2.21. The molecule has 0 N–H and O–H groups in total. The molecule has 1 heterocycles. The van der Waals surface area contributed by atoms with Gasteiger partial charge in [0.15, 0.2) is 16.6 Å². The Bertz CT molecular complexity index is 1230. The van der Waals surface area contributed by atoms with Gasteiger partial charge in [-0.3, -0.25) is 0 Å². The lowest BCUT2D eigenvalue weighted by Gasteiger charge is -2.37. The summed E-state index contributed by atoms with van der Waals surface area (Å²) < 4.78 is 24.5. The first-order valence-corrected chi connectivity index (χ1v) is 21.7. The van der Waals surface area contributed by atoms with Gasteiger partial charge in [0.1, 0.15) is 12.4 Å². The van der Waals surface area contributed by atoms with E-state index in [0.717, 1.165) is 39.3 Å². The van der Waals surface area contributed by atoms with Crippen molar-refractivity contribution >= 4 is 39.5 Å². The van der Waals surface area contributed by atoms with Gasteiger partial charge in [0.2, 0.25) is 0 Å². The molecular weight excluding hydrogens is 577 g/mol. The van der Waals surface area contributed by atoms with Gasteiger partial charge in [-0.25, -0.2) is 4.79 Å². The third-order valence-corrected chi connectivity index (χ3v) is 18.4. The van der Waals surface area contributed by atoms with E-state index < -0.39 is 16.6 Å². The summed E-state index contributed by atoms with van der Waals surface area (Å²) in [6.07, 6.45) is 6.06. The Morgan fingerprint density at radius 1 is 0.857 bits per heavy atom. The molecule has 8 heteroatoms. The number of ether oxygens (including phenoxy) is 2. The van der Waals surface area contributed by atoms with Gasteiger partial charge in [-0.05, 0) is 95.5 Å². The lowest BCUT2D eigenvalue weighted by molar-refractivity contribution is -0.137. The van der Waals surface area contributed by atoms with E-state index in [1.807, 2.05) is 12.1 Å². The molecule has 0 spiro atoms. The highest BCUT2D eigenvalue weighted by atomic mass is 32.1. The molecule has 0 aliphatic rings. The number of allylic oxidation sites excluding steroid dienone is 3. The molecule has 0 bridgehead atoms. The van der Waals surface area contributed by atoms with Crippen LogP contribution in [0, 0.1) is 0 Å². The van der Waals surface area contributed by atoms with Gasteiger partial charge in [-0.15, -0.1) is 11.3 Å². The van der Waals surface area contributed by atoms with Gasteiger partial charge in [-0.1, -0.05) is 66.7 Å². The maximum atomic E-state index is 11.6. The van der Waals surface area contributed by atoms with Crippen molar-refractivity contribution in [3.63, 3.8) is 0 Å². The maximum Gasteiger partial charge on any atom is 0.330 e. The normalized spacial score (nSPS) is 13.6. The summed E-state index contributed by atoms with van der Waals surface area (Å²) in [5.74, 6) is 0.508. The van der Waals surface area contributed by atoms with Crippen molar-refractivity contribution in [3.8, 4) is 5.75 Å². The van der Waals surface area contributed by atoms with E-state index in [4.69, 9.17) is 18.3 Å². The SMILES string of the molecule is CCOC(=O)C=CC=C(CC)c1csc(COc2ccc(CO[Si](C)(C)C(C)(C)C)c(CO[Si](C)(C)C(C)(C)C)c2)c1. The zero-order valence-electron chi connectivity index (χ0n) is 28.1. The third-order valence-electron chi connectivity index (χ3n) is 8.57. The lowest BCUT2D eigenvalue weighted by atomic mass is 10.1. The molecule has 0 aliphatic heterocycles. The number of esters is 1. The molecular formula is C34H54O5SSi2. The minimum Gasteiger partial charge on any atom is -0.488 e. The van der Waals surface area contributed by atoms with Crippen molar-refractivity contribution in [1.82, 2.24) is 0 Å². The van der Waals surface area contributed by atoms with Crippen LogP contribution in [0.2, 0.25) is 36.3 Å². The molecule has 0 unspecified atom stereocenters. The van der Waals surface area contributed by atoms with E-state index in [1.54, 1.807) is 24.3 Å². The first-order chi connectivity index (χ1) is 19.4. The van der Waals surface area contributed by atoms with Crippen LogP contribution < -0.4 is 4.74 Å². The summed E-state index contributed by atoms with van der Waals surface area (Å²) in [7, 11) is -3.82. The maximum absolute atomic E-state index is 11.6. The Morgan fingerprint density at radius 2 is 1.45 bits per heavy atom. The van der Waals surface area contributed by atoms with Crippen LogP contribution in [-0.2, 0) is 38.2 Å². The van der Waals surface area contributed by atoms with E-state index in [0.29, 0.717) is 26.4 Å². The second kappa shape index (κ2) is 15.2. The van der Waals surface area contributed by atoms with Crippen LogP contribution in [0.1, 0.15) is 83.4 Å². The van der Waals surface area contributed by atoms with Crippen LogP contribution in [0.3, 0.4) is 0 Å². The second-order valence-electron chi connectivity index (χ2n) is 13.8. The fourth-order valence-corrected chi connectivity index (χ4v) is 6.27. The fourth-order valence-electron chi connectivity index (χ4n) is 3.55. The Labute approximate surface area is 261 Å². The van der Waals surface area contributed by atoms with Gasteiger partial charge in [0, 0.05) is 11.0 Å². The molecule has 1 aromatic carbocycles. The topological polar surface area (TPSA) is 54.0 Å². The average molecular weight is 631 g/mol. The largest absolute Gasteiger partial charge is 0.488 e. The van der Waals surface area contributed by atoms with Crippen molar-refractivity contribution in [2.24, 2.45) is 0 Å². The Kier molecular flexibility index (Phi) is 13.1. The highest BCUT2D eigenvalue weighted by Gasteiger charge is 2.38. The highest BCUT2D eigenvalue weighted by Crippen LogP contribution is 2.39. The minimum absolute atomic E-state index is 0.135. The number of rotatable bonds is 14. The molecule has 0 saturated heterocycles. The van der Waals surface area contributed by atoms with E-state index in [-0.39, 0.29) is 16.0 Å². The van der Waals surface area contributed by atoms with Crippen LogP contribution in [-0.4, -0.2) is 29.2 Å². The molecule has 5 nitrogen and oxygen atoms in total. The molecule has 1 aromatic heterocycles. The molecule has 0 radical (unpaired) electrons. The van der Waals surface area contributed by atoms with Crippen LogP contribution in [0.4, 0.5) is 0 Å². The van der Waals surface area contributed by atoms with Crippen molar-refractivity contribution in [1.29, 1.82) is 0 Å². The van der Waals surface area contributed by atoms with Crippen molar-refractivity contribution in [2.75, 3.05) is 6.61 Å². The van der Waals surface area contributed by atoms with Gasteiger partial charge < -0.3 is 18.3 Å². The molecule has 2 rings (SSSR count). The van der Waals surface area contributed by atoms with Crippen molar-refractivity contribution in [3.05, 3.63) is 69.4 Å². The number of hydrogen-bond acceptors (Lipinski definition) is 6. The predicted molar refractivity (Wildman–Crippen MR) is 183 cm³/mol. The van der Waals surface area contributed by atoms with Gasteiger partial charge in [0.25, 0.3) is 0 Å². The zero-order valence-corrected chi connectivity index (χ0v) is 30.9. The monoisotopic (exact) mass is 630 g/mol. The highest BCUT2D eigenvalue weighted by molar-refractivity contribution is 7.10.